The van der Waals surface area contributed by atoms with Crippen LogP contribution in [0.1, 0.15) is 95.2 Å². The second kappa shape index (κ2) is 12.4. The number of methoxy groups -OCH3 is 1. The second-order valence-corrected chi connectivity index (χ2v) is 13.0. The number of ether oxygens (including phenoxy) is 1. The van der Waals surface area contributed by atoms with Gasteiger partial charge in [-0.25, -0.2) is 0 Å². The molecular weight excluding hydrogens is 510 g/mol. The lowest BCUT2D eigenvalue weighted by Gasteiger charge is -2.37. The number of aryl methyl sites for hydroxylation is 1. The monoisotopic (exact) mass is 557 g/mol. The minimum absolute atomic E-state index is 0.0406. The highest BCUT2D eigenvalue weighted by atomic mass is 16.5. The third-order valence-electron chi connectivity index (χ3n) is 9.48. The zero-order chi connectivity index (χ0) is 29.1. The van der Waals surface area contributed by atoms with Crippen LogP contribution in [-0.4, -0.2) is 40.0 Å². The highest BCUT2D eigenvalue weighted by Gasteiger charge is 2.36. The van der Waals surface area contributed by atoms with Gasteiger partial charge in [-0.15, -0.1) is 0 Å². The fourth-order valence-corrected chi connectivity index (χ4v) is 6.74. The summed E-state index contributed by atoms with van der Waals surface area (Å²) in [6.45, 7) is 9.01. The smallest absolute Gasteiger partial charge is 0.230 e. The minimum atomic E-state index is -0.656. The molecule has 0 atom stereocenters. The molecule has 0 bridgehead atoms. The van der Waals surface area contributed by atoms with Crippen LogP contribution in [0.15, 0.2) is 54.9 Å². The molecule has 41 heavy (non-hydrogen) atoms. The van der Waals surface area contributed by atoms with Gasteiger partial charge >= 0.3 is 0 Å². The van der Waals surface area contributed by atoms with E-state index in [-0.39, 0.29) is 11.8 Å². The normalized spacial score (nSPS) is 24.8. The van der Waals surface area contributed by atoms with Crippen molar-refractivity contribution in [2.45, 2.75) is 96.6 Å². The number of benzene rings is 2. The quantitative estimate of drug-likeness (QED) is 0.308. The average Bonchev–Trinajstić information content (AvgIpc) is 3.47. The summed E-state index contributed by atoms with van der Waals surface area (Å²) in [7, 11) is 1.73. The molecule has 2 aliphatic carbocycles. The van der Waals surface area contributed by atoms with Gasteiger partial charge in [0.1, 0.15) is 5.75 Å². The minimum Gasteiger partial charge on any atom is -0.496 e. The van der Waals surface area contributed by atoms with Crippen molar-refractivity contribution in [2.24, 2.45) is 11.8 Å². The predicted molar refractivity (Wildman–Crippen MR) is 165 cm³/mol. The van der Waals surface area contributed by atoms with Crippen molar-refractivity contribution in [3.8, 4) is 16.9 Å². The van der Waals surface area contributed by atoms with Crippen molar-refractivity contribution < 1.29 is 14.6 Å². The SMILES string of the molecule is COc1ccc([C@H]2CC[C@H](CN(C(=O)C3CCC(C)(O)CC3)c3cccc(-c4cnn(C(C)C)c4)c3)CC2)cc1C. The van der Waals surface area contributed by atoms with Gasteiger partial charge in [0.05, 0.1) is 18.9 Å². The molecule has 0 radical (unpaired) electrons. The largest absolute Gasteiger partial charge is 0.496 e. The number of amides is 1. The molecule has 3 aromatic rings. The van der Waals surface area contributed by atoms with Crippen LogP contribution in [-0.2, 0) is 4.79 Å². The summed E-state index contributed by atoms with van der Waals surface area (Å²) in [5.74, 6) is 2.14. The molecule has 1 N–H and O–H groups in total. The van der Waals surface area contributed by atoms with Crippen LogP contribution in [0.25, 0.3) is 11.1 Å². The molecular formula is C35H47N3O3. The van der Waals surface area contributed by atoms with Gasteiger partial charge < -0.3 is 14.7 Å². The molecule has 6 heteroatoms. The zero-order valence-electron chi connectivity index (χ0n) is 25.5. The molecule has 5 rings (SSSR count). The third-order valence-corrected chi connectivity index (χ3v) is 9.48. The lowest BCUT2D eigenvalue weighted by Crippen LogP contribution is -2.43. The predicted octanol–water partition coefficient (Wildman–Crippen LogP) is 7.70. The van der Waals surface area contributed by atoms with Gasteiger partial charge in [-0.3, -0.25) is 9.48 Å². The number of aromatic nitrogens is 2. The zero-order valence-corrected chi connectivity index (χ0v) is 25.5. The van der Waals surface area contributed by atoms with Crippen molar-refractivity contribution in [1.29, 1.82) is 0 Å². The molecule has 0 spiro atoms. The first kappa shape index (κ1) is 29.4. The van der Waals surface area contributed by atoms with Gasteiger partial charge in [-0.05, 0) is 126 Å². The van der Waals surface area contributed by atoms with E-state index in [9.17, 15) is 9.90 Å². The first-order valence-electron chi connectivity index (χ1n) is 15.5. The van der Waals surface area contributed by atoms with E-state index in [2.05, 4.69) is 79.4 Å². The fraction of sp³-hybridized carbons (Fsp3) is 0.543. The molecule has 220 valence electrons. The first-order chi connectivity index (χ1) is 19.6. The van der Waals surface area contributed by atoms with Crippen molar-refractivity contribution in [2.75, 3.05) is 18.6 Å². The summed E-state index contributed by atoms with van der Waals surface area (Å²) in [5.41, 5.74) is 5.05. The second-order valence-electron chi connectivity index (χ2n) is 13.0. The summed E-state index contributed by atoms with van der Waals surface area (Å²) in [4.78, 5) is 16.2. The molecule has 1 amide bonds. The van der Waals surface area contributed by atoms with E-state index in [0.29, 0.717) is 30.7 Å². The Labute approximate surface area is 245 Å². The van der Waals surface area contributed by atoms with E-state index in [1.54, 1.807) is 7.11 Å². The molecule has 1 aromatic heterocycles. The van der Waals surface area contributed by atoms with Crippen LogP contribution >= 0.6 is 0 Å². The summed E-state index contributed by atoms with van der Waals surface area (Å²) in [5, 5.41) is 15.1. The van der Waals surface area contributed by atoms with Crippen LogP contribution in [0, 0.1) is 18.8 Å². The maximum Gasteiger partial charge on any atom is 0.230 e. The first-order valence-corrected chi connectivity index (χ1v) is 15.5. The Hall–Kier alpha value is -3.12. The number of carbonyl (C=O) groups is 1. The number of rotatable bonds is 8. The molecule has 1 heterocycles. The summed E-state index contributed by atoms with van der Waals surface area (Å²) < 4.78 is 7.44. The number of carbonyl (C=O) groups excluding carboxylic acids is 1. The Bertz CT molecular complexity index is 1330. The Morgan fingerprint density at radius 3 is 2.44 bits per heavy atom. The van der Waals surface area contributed by atoms with Gasteiger partial charge in [0.25, 0.3) is 0 Å². The van der Waals surface area contributed by atoms with Gasteiger partial charge in [0.15, 0.2) is 0 Å². The van der Waals surface area contributed by atoms with E-state index >= 15 is 0 Å². The molecule has 6 nitrogen and oxygen atoms in total. The van der Waals surface area contributed by atoms with Gasteiger partial charge in [-0.1, -0.05) is 24.3 Å². The van der Waals surface area contributed by atoms with Gasteiger partial charge in [0.2, 0.25) is 5.91 Å². The van der Waals surface area contributed by atoms with Crippen LogP contribution < -0.4 is 9.64 Å². The Balaban J connectivity index is 1.34. The standard InChI is InChI=1S/C35H47N3O3/c1-24(2)38-23-31(21-36-38)29-7-6-8-32(20-29)37(34(39)28-15-17-35(4,40)18-16-28)22-26-9-11-27(12-10-26)30-13-14-33(41-5)25(3)19-30/h6-8,13-14,19-21,23-24,26-28,40H,9-12,15-18,22H2,1-5H3/t26-,27-,28?,35?. The molecule has 2 aliphatic rings. The molecule has 2 saturated carbocycles. The molecule has 0 unspecified atom stereocenters. The Morgan fingerprint density at radius 1 is 1.07 bits per heavy atom. The van der Waals surface area contributed by atoms with Gasteiger partial charge in [0, 0.05) is 36.0 Å². The Kier molecular flexibility index (Phi) is 8.88. The van der Waals surface area contributed by atoms with E-state index < -0.39 is 5.60 Å². The van der Waals surface area contributed by atoms with Crippen LogP contribution in [0.4, 0.5) is 5.69 Å². The van der Waals surface area contributed by atoms with Crippen molar-refractivity contribution in [3.05, 3.63) is 66.0 Å². The Morgan fingerprint density at radius 2 is 1.80 bits per heavy atom. The van der Waals surface area contributed by atoms with E-state index in [4.69, 9.17) is 4.74 Å². The molecule has 0 aliphatic heterocycles. The summed E-state index contributed by atoms with van der Waals surface area (Å²) in [6, 6.07) is 15.3. The number of hydrogen-bond acceptors (Lipinski definition) is 4. The van der Waals surface area contributed by atoms with E-state index in [1.165, 1.54) is 11.1 Å². The molecule has 0 saturated heterocycles. The third kappa shape index (κ3) is 6.86. The van der Waals surface area contributed by atoms with Crippen molar-refractivity contribution >= 4 is 11.6 Å². The number of aliphatic hydroxyl groups is 1. The van der Waals surface area contributed by atoms with Gasteiger partial charge in [-0.2, -0.15) is 5.10 Å². The highest BCUT2D eigenvalue weighted by molar-refractivity contribution is 5.95. The number of nitrogens with zero attached hydrogens (tertiary/aromatic N) is 3. The topological polar surface area (TPSA) is 67.6 Å². The van der Waals surface area contributed by atoms with Crippen molar-refractivity contribution in [1.82, 2.24) is 9.78 Å². The average molecular weight is 558 g/mol. The van der Waals surface area contributed by atoms with Crippen molar-refractivity contribution in [3.63, 3.8) is 0 Å². The summed E-state index contributed by atoms with van der Waals surface area (Å²) in [6.07, 6.45) is 11.3. The number of hydrogen-bond donors (Lipinski definition) is 1. The van der Waals surface area contributed by atoms with E-state index in [0.717, 1.165) is 67.6 Å². The lowest BCUT2D eigenvalue weighted by atomic mass is 9.77. The van der Waals surface area contributed by atoms with Crippen LogP contribution in [0.3, 0.4) is 0 Å². The molecule has 2 aromatic carbocycles. The summed E-state index contributed by atoms with van der Waals surface area (Å²) >= 11 is 0. The van der Waals surface area contributed by atoms with Crippen LogP contribution in [0.5, 0.6) is 5.75 Å². The fourth-order valence-electron chi connectivity index (χ4n) is 6.74. The lowest BCUT2D eigenvalue weighted by molar-refractivity contribution is -0.125. The van der Waals surface area contributed by atoms with Crippen LogP contribution in [0.2, 0.25) is 0 Å². The maximum absolute atomic E-state index is 14.1. The maximum atomic E-state index is 14.1. The number of anilines is 1. The highest BCUT2D eigenvalue weighted by Crippen LogP contribution is 2.39. The molecule has 2 fully saturated rings. The van der Waals surface area contributed by atoms with E-state index in [1.807, 2.05) is 17.8 Å².